The number of thioether (sulfide) groups is 1. The number of anilines is 1. The summed E-state index contributed by atoms with van der Waals surface area (Å²) >= 11 is 1.36. The van der Waals surface area contributed by atoms with Gasteiger partial charge in [-0.3, -0.25) is 4.79 Å². The summed E-state index contributed by atoms with van der Waals surface area (Å²) in [5, 5.41) is 12.5. The smallest absolute Gasteiger partial charge is 0.237 e. The van der Waals surface area contributed by atoms with Crippen LogP contribution in [0.25, 0.3) is 5.69 Å². The molecule has 0 aliphatic carbocycles. The standard InChI is InChI=1S/C19H19N5OS/c1-13-7-9-16(10-8-13)24-19(20-21-22-24)26-12-18(25)23-14(2)11-15-5-3-4-6-17(15)23/h3-10,14H,11-12H2,1-2H3. The first-order chi connectivity index (χ1) is 12.6. The lowest BCUT2D eigenvalue weighted by molar-refractivity contribution is -0.116. The summed E-state index contributed by atoms with van der Waals surface area (Å²) in [6.45, 7) is 4.12. The van der Waals surface area contributed by atoms with E-state index < -0.39 is 0 Å². The van der Waals surface area contributed by atoms with Gasteiger partial charge in [-0.05, 0) is 54.5 Å². The van der Waals surface area contributed by atoms with Crippen molar-refractivity contribution in [2.75, 3.05) is 10.7 Å². The summed E-state index contributed by atoms with van der Waals surface area (Å²) in [5.74, 6) is 0.371. The maximum atomic E-state index is 12.8. The van der Waals surface area contributed by atoms with E-state index in [1.54, 1.807) is 4.68 Å². The molecule has 6 nitrogen and oxygen atoms in total. The van der Waals surface area contributed by atoms with E-state index >= 15 is 0 Å². The maximum absolute atomic E-state index is 12.8. The first-order valence-electron chi connectivity index (χ1n) is 8.51. The minimum atomic E-state index is 0.0749. The summed E-state index contributed by atoms with van der Waals surface area (Å²) in [5.41, 5.74) is 4.30. The third kappa shape index (κ3) is 3.10. The Balaban J connectivity index is 1.49. The van der Waals surface area contributed by atoms with Crippen LogP contribution >= 0.6 is 11.8 Å². The normalized spacial score (nSPS) is 15.9. The van der Waals surface area contributed by atoms with Crippen molar-refractivity contribution >= 4 is 23.4 Å². The number of amides is 1. The Morgan fingerprint density at radius 2 is 1.96 bits per heavy atom. The van der Waals surface area contributed by atoms with Gasteiger partial charge in [0, 0.05) is 11.7 Å². The number of hydrogen-bond donors (Lipinski definition) is 0. The van der Waals surface area contributed by atoms with Crippen LogP contribution in [0.1, 0.15) is 18.1 Å². The van der Waals surface area contributed by atoms with E-state index in [9.17, 15) is 4.79 Å². The van der Waals surface area contributed by atoms with Gasteiger partial charge in [-0.15, -0.1) is 5.10 Å². The van der Waals surface area contributed by atoms with Crippen LogP contribution < -0.4 is 4.90 Å². The van der Waals surface area contributed by atoms with E-state index in [1.165, 1.54) is 22.9 Å². The molecule has 1 amide bonds. The zero-order chi connectivity index (χ0) is 18.1. The topological polar surface area (TPSA) is 63.9 Å². The van der Waals surface area contributed by atoms with Crippen LogP contribution in [0.5, 0.6) is 0 Å². The molecule has 26 heavy (non-hydrogen) atoms. The number of rotatable bonds is 4. The molecule has 1 atom stereocenters. The molecule has 0 radical (unpaired) electrons. The highest BCUT2D eigenvalue weighted by molar-refractivity contribution is 7.99. The summed E-state index contributed by atoms with van der Waals surface area (Å²) < 4.78 is 1.67. The summed E-state index contributed by atoms with van der Waals surface area (Å²) in [6.07, 6.45) is 0.897. The van der Waals surface area contributed by atoms with Crippen LogP contribution in [-0.2, 0) is 11.2 Å². The van der Waals surface area contributed by atoms with Gasteiger partial charge < -0.3 is 4.90 Å². The lowest BCUT2D eigenvalue weighted by Gasteiger charge is -2.22. The van der Waals surface area contributed by atoms with Gasteiger partial charge in [-0.25, -0.2) is 0 Å². The van der Waals surface area contributed by atoms with E-state index in [4.69, 9.17) is 0 Å². The number of hydrogen-bond acceptors (Lipinski definition) is 5. The monoisotopic (exact) mass is 365 g/mol. The fourth-order valence-electron chi connectivity index (χ4n) is 3.26. The Morgan fingerprint density at radius 1 is 1.19 bits per heavy atom. The Labute approximate surface area is 156 Å². The third-order valence-corrected chi connectivity index (χ3v) is 5.42. The molecule has 2 aromatic carbocycles. The van der Waals surface area contributed by atoms with E-state index in [0.29, 0.717) is 10.9 Å². The van der Waals surface area contributed by atoms with Gasteiger partial charge in [0.05, 0.1) is 11.4 Å². The van der Waals surface area contributed by atoms with Gasteiger partial charge in [0.25, 0.3) is 0 Å². The fourth-order valence-corrected chi connectivity index (χ4v) is 4.01. The quantitative estimate of drug-likeness (QED) is 0.665. The predicted molar refractivity (Wildman–Crippen MR) is 102 cm³/mol. The third-order valence-electron chi connectivity index (χ3n) is 4.52. The van der Waals surface area contributed by atoms with Crippen LogP contribution in [-0.4, -0.2) is 37.9 Å². The van der Waals surface area contributed by atoms with E-state index in [0.717, 1.165) is 17.8 Å². The number of aromatic nitrogens is 4. The molecule has 0 bridgehead atoms. The number of fused-ring (bicyclic) bond motifs is 1. The molecule has 2 heterocycles. The first-order valence-corrected chi connectivity index (χ1v) is 9.50. The second-order valence-electron chi connectivity index (χ2n) is 6.44. The number of nitrogens with zero attached hydrogens (tertiary/aromatic N) is 5. The molecule has 0 fully saturated rings. The highest BCUT2D eigenvalue weighted by atomic mass is 32.2. The van der Waals surface area contributed by atoms with E-state index in [2.05, 4.69) is 28.5 Å². The van der Waals surface area contributed by atoms with Gasteiger partial charge in [0.2, 0.25) is 11.1 Å². The molecule has 0 N–H and O–H groups in total. The van der Waals surface area contributed by atoms with Gasteiger partial charge in [-0.1, -0.05) is 47.7 Å². The molecule has 132 valence electrons. The van der Waals surface area contributed by atoms with E-state index in [-0.39, 0.29) is 11.9 Å². The van der Waals surface area contributed by atoms with Gasteiger partial charge >= 0.3 is 0 Å². The number of para-hydroxylation sites is 1. The molecule has 3 aromatic rings. The van der Waals surface area contributed by atoms with Gasteiger partial charge in [0.15, 0.2) is 0 Å². The van der Waals surface area contributed by atoms with Crippen LogP contribution in [0.15, 0.2) is 53.7 Å². The Bertz CT molecular complexity index is 937. The predicted octanol–water partition coefficient (Wildman–Crippen LogP) is 3.04. The molecule has 7 heteroatoms. The van der Waals surface area contributed by atoms with Crippen molar-refractivity contribution in [1.29, 1.82) is 0 Å². The average Bonchev–Trinajstić information content (AvgIpc) is 3.23. The Kier molecular flexibility index (Phi) is 4.46. The van der Waals surface area contributed by atoms with Crippen molar-refractivity contribution in [2.45, 2.75) is 31.5 Å². The maximum Gasteiger partial charge on any atom is 0.237 e. The van der Waals surface area contributed by atoms with Gasteiger partial charge in [0.1, 0.15) is 0 Å². The van der Waals surface area contributed by atoms with Crippen LogP contribution in [0.3, 0.4) is 0 Å². The molecule has 0 saturated carbocycles. The van der Waals surface area contributed by atoms with Crippen LogP contribution in [0, 0.1) is 6.92 Å². The molecule has 4 rings (SSSR count). The van der Waals surface area contributed by atoms with Crippen LogP contribution in [0.2, 0.25) is 0 Å². The molecule has 1 aliphatic heterocycles. The first kappa shape index (κ1) is 16.8. The second-order valence-corrected chi connectivity index (χ2v) is 7.39. The molecule has 1 aliphatic rings. The fraction of sp³-hybridized carbons (Fsp3) is 0.263. The summed E-state index contributed by atoms with van der Waals surface area (Å²) in [7, 11) is 0. The Morgan fingerprint density at radius 3 is 2.77 bits per heavy atom. The summed E-state index contributed by atoms with van der Waals surface area (Å²) in [6, 6.07) is 16.2. The molecule has 0 spiro atoms. The molecular formula is C19H19N5OS. The lowest BCUT2D eigenvalue weighted by Crippen LogP contribution is -2.37. The highest BCUT2D eigenvalue weighted by Crippen LogP contribution is 2.32. The number of benzene rings is 2. The minimum Gasteiger partial charge on any atom is -0.308 e. The number of tetrazole rings is 1. The average molecular weight is 365 g/mol. The van der Waals surface area contributed by atoms with E-state index in [1.807, 2.05) is 54.3 Å². The number of aryl methyl sites for hydroxylation is 1. The molecule has 0 saturated heterocycles. The second kappa shape index (κ2) is 6.92. The molecule has 1 aromatic heterocycles. The number of carbonyl (C=O) groups excluding carboxylic acids is 1. The van der Waals surface area contributed by atoms with Crippen molar-refractivity contribution in [3.8, 4) is 5.69 Å². The van der Waals surface area contributed by atoms with Crippen molar-refractivity contribution in [1.82, 2.24) is 20.2 Å². The van der Waals surface area contributed by atoms with Crippen molar-refractivity contribution in [3.05, 3.63) is 59.7 Å². The SMILES string of the molecule is Cc1ccc(-n2nnnc2SCC(=O)N2c3ccccc3CC2C)cc1. The summed E-state index contributed by atoms with van der Waals surface area (Å²) in [4.78, 5) is 14.7. The lowest BCUT2D eigenvalue weighted by atomic mass is 10.1. The molecular weight excluding hydrogens is 346 g/mol. The minimum absolute atomic E-state index is 0.0749. The number of carbonyl (C=O) groups is 1. The largest absolute Gasteiger partial charge is 0.308 e. The van der Waals surface area contributed by atoms with Crippen molar-refractivity contribution < 1.29 is 4.79 Å². The molecule has 1 unspecified atom stereocenters. The zero-order valence-corrected chi connectivity index (χ0v) is 15.5. The zero-order valence-electron chi connectivity index (χ0n) is 14.7. The van der Waals surface area contributed by atoms with Crippen molar-refractivity contribution in [3.63, 3.8) is 0 Å². The van der Waals surface area contributed by atoms with Crippen molar-refractivity contribution in [2.24, 2.45) is 0 Å². The highest BCUT2D eigenvalue weighted by Gasteiger charge is 2.30. The van der Waals surface area contributed by atoms with Crippen LogP contribution in [0.4, 0.5) is 5.69 Å². The Hall–Kier alpha value is -2.67. The van der Waals surface area contributed by atoms with Gasteiger partial charge in [-0.2, -0.15) is 4.68 Å².